The second-order valence-electron chi connectivity index (χ2n) is 6.41. The number of rotatable bonds is 5. The molecule has 29 heavy (non-hydrogen) atoms. The number of benzene rings is 1. The van der Waals surface area contributed by atoms with E-state index in [1.165, 1.54) is 25.6 Å². The summed E-state index contributed by atoms with van der Waals surface area (Å²) < 4.78 is 20.5. The number of aromatic nitrogens is 4. The molecular formula is C19H19FN8O. The van der Waals surface area contributed by atoms with E-state index in [9.17, 15) is 0 Å². The maximum Gasteiger partial charge on any atom is 0.288 e. The lowest BCUT2D eigenvalue weighted by atomic mass is 10.1. The Hall–Kier alpha value is -3.71. The average molecular weight is 394 g/mol. The van der Waals surface area contributed by atoms with Gasteiger partial charge in [0.2, 0.25) is 0 Å². The number of methoxy groups -OCH3 is 1. The standard InChI is InChI=1S/C19H19FN8O/c1-21-17-10-24-18(11-23-17)25-16-9-14(26-27-16)19-13(20)7-12(8-15(19)29-2)28-5-3-22-4-6-28/h7-11,22H,3-6H2,2H3,(H2,24,25,26,27). The minimum absolute atomic E-state index is 0.203. The molecule has 2 aromatic heterocycles. The molecule has 0 saturated carbocycles. The van der Waals surface area contributed by atoms with Gasteiger partial charge >= 0.3 is 0 Å². The van der Waals surface area contributed by atoms with Gasteiger partial charge in [-0.25, -0.2) is 9.37 Å². The highest BCUT2D eigenvalue weighted by atomic mass is 19.1. The van der Waals surface area contributed by atoms with Crippen LogP contribution in [0.4, 0.5) is 27.5 Å². The van der Waals surface area contributed by atoms with Crippen molar-refractivity contribution in [2.45, 2.75) is 0 Å². The van der Waals surface area contributed by atoms with Crippen LogP contribution in [0.15, 0.2) is 30.6 Å². The Balaban J connectivity index is 1.60. The van der Waals surface area contributed by atoms with Crippen molar-refractivity contribution < 1.29 is 9.13 Å². The summed E-state index contributed by atoms with van der Waals surface area (Å²) in [5.74, 6) is 1.10. The van der Waals surface area contributed by atoms with Crippen molar-refractivity contribution in [3.8, 4) is 17.0 Å². The molecule has 3 heterocycles. The molecule has 1 aromatic carbocycles. The van der Waals surface area contributed by atoms with E-state index in [4.69, 9.17) is 11.3 Å². The topological polar surface area (TPSA) is 95.3 Å². The summed E-state index contributed by atoms with van der Waals surface area (Å²) in [4.78, 5) is 13.4. The minimum atomic E-state index is -0.394. The Morgan fingerprint density at radius 3 is 2.69 bits per heavy atom. The molecule has 148 valence electrons. The van der Waals surface area contributed by atoms with E-state index < -0.39 is 5.82 Å². The highest BCUT2D eigenvalue weighted by Gasteiger charge is 2.20. The second-order valence-corrected chi connectivity index (χ2v) is 6.41. The molecule has 0 radical (unpaired) electrons. The van der Waals surface area contributed by atoms with Crippen LogP contribution >= 0.6 is 0 Å². The van der Waals surface area contributed by atoms with E-state index in [0.717, 1.165) is 31.9 Å². The number of anilines is 3. The number of H-pyrrole nitrogens is 1. The van der Waals surface area contributed by atoms with Gasteiger partial charge in [-0.1, -0.05) is 6.57 Å². The fourth-order valence-corrected chi connectivity index (χ4v) is 3.18. The smallest absolute Gasteiger partial charge is 0.288 e. The van der Waals surface area contributed by atoms with Crippen LogP contribution in [0.3, 0.4) is 0 Å². The van der Waals surface area contributed by atoms with Crippen molar-refractivity contribution in [1.29, 1.82) is 0 Å². The van der Waals surface area contributed by atoms with Crippen LogP contribution in [0, 0.1) is 12.4 Å². The fraction of sp³-hybridized carbons (Fsp3) is 0.263. The van der Waals surface area contributed by atoms with Crippen molar-refractivity contribution in [2.24, 2.45) is 0 Å². The molecule has 1 aliphatic rings. The predicted molar refractivity (Wildman–Crippen MR) is 107 cm³/mol. The van der Waals surface area contributed by atoms with E-state index in [-0.39, 0.29) is 5.82 Å². The van der Waals surface area contributed by atoms with Crippen molar-refractivity contribution >= 4 is 23.1 Å². The van der Waals surface area contributed by atoms with Gasteiger partial charge in [-0.3, -0.25) is 5.10 Å². The zero-order chi connectivity index (χ0) is 20.2. The number of ether oxygens (including phenoxy) is 1. The molecule has 0 aliphatic carbocycles. The van der Waals surface area contributed by atoms with E-state index in [2.05, 4.69) is 40.5 Å². The summed E-state index contributed by atoms with van der Waals surface area (Å²) in [5, 5.41) is 13.2. The van der Waals surface area contributed by atoms with Gasteiger partial charge in [-0.2, -0.15) is 5.10 Å². The zero-order valence-electron chi connectivity index (χ0n) is 15.7. The summed E-state index contributed by atoms with van der Waals surface area (Å²) in [7, 11) is 1.52. The molecule has 10 heteroatoms. The molecule has 1 saturated heterocycles. The van der Waals surface area contributed by atoms with Crippen LogP contribution in [0.5, 0.6) is 5.75 Å². The monoisotopic (exact) mass is 394 g/mol. The quantitative estimate of drug-likeness (QED) is 0.573. The molecule has 3 aromatic rings. The number of halogens is 1. The Morgan fingerprint density at radius 2 is 2.00 bits per heavy atom. The van der Waals surface area contributed by atoms with Crippen LogP contribution in [0.25, 0.3) is 16.1 Å². The lowest BCUT2D eigenvalue weighted by Crippen LogP contribution is -2.43. The number of hydrogen-bond acceptors (Lipinski definition) is 7. The predicted octanol–water partition coefficient (Wildman–Crippen LogP) is 2.72. The van der Waals surface area contributed by atoms with Gasteiger partial charge in [0, 0.05) is 44.0 Å². The van der Waals surface area contributed by atoms with Crippen LogP contribution < -0.4 is 20.3 Å². The molecule has 1 fully saturated rings. The molecule has 0 bridgehead atoms. The number of nitrogens with zero attached hydrogens (tertiary/aromatic N) is 5. The summed E-state index contributed by atoms with van der Waals surface area (Å²) in [6.45, 7) is 10.3. The SMILES string of the molecule is [C-]#[N+]c1cnc(Nc2cc(-c3c(F)cc(N4CCNCC4)cc3OC)[nH]n2)cn1. The first-order valence-corrected chi connectivity index (χ1v) is 9.03. The van der Waals surface area contributed by atoms with Gasteiger partial charge in [0.25, 0.3) is 5.82 Å². The minimum Gasteiger partial charge on any atom is -0.496 e. The van der Waals surface area contributed by atoms with Crippen molar-refractivity contribution in [3.63, 3.8) is 0 Å². The third kappa shape index (κ3) is 3.95. The molecule has 9 nitrogen and oxygen atoms in total. The zero-order valence-corrected chi connectivity index (χ0v) is 15.7. The molecule has 3 N–H and O–H groups in total. The highest BCUT2D eigenvalue weighted by molar-refractivity contribution is 5.74. The highest BCUT2D eigenvalue weighted by Crippen LogP contribution is 2.36. The summed E-state index contributed by atoms with van der Waals surface area (Å²) in [6.07, 6.45) is 2.80. The molecule has 0 atom stereocenters. The molecule has 0 amide bonds. The average Bonchev–Trinajstić information content (AvgIpc) is 3.22. The Kier molecular flexibility index (Phi) is 5.22. The summed E-state index contributed by atoms with van der Waals surface area (Å²) in [6, 6.07) is 5.02. The van der Waals surface area contributed by atoms with Gasteiger partial charge in [0.1, 0.15) is 11.6 Å². The fourth-order valence-electron chi connectivity index (χ4n) is 3.18. The third-order valence-corrected chi connectivity index (χ3v) is 4.60. The van der Waals surface area contributed by atoms with Gasteiger partial charge in [0.15, 0.2) is 17.8 Å². The van der Waals surface area contributed by atoms with Crippen LogP contribution in [0.2, 0.25) is 0 Å². The van der Waals surface area contributed by atoms with Crippen LogP contribution in [-0.2, 0) is 0 Å². The molecule has 1 aliphatic heterocycles. The first-order valence-electron chi connectivity index (χ1n) is 9.03. The second kappa shape index (κ2) is 8.12. The van der Waals surface area contributed by atoms with E-state index >= 15 is 4.39 Å². The number of nitrogens with one attached hydrogen (secondary N) is 3. The van der Waals surface area contributed by atoms with E-state index in [0.29, 0.717) is 28.6 Å². The van der Waals surface area contributed by atoms with Gasteiger partial charge in [-0.15, -0.1) is 4.98 Å². The van der Waals surface area contributed by atoms with Crippen molar-refractivity contribution in [1.82, 2.24) is 25.5 Å². The van der Waals surface area contributed by atoms with E-state index in [1.54, 1.807) is 6.07 Å². The summed E-state index contributed by atoms with van der Waals surface area (Å²) in [5.41, 5.74) is 1.57. The normalized spacial score (nSPS) is 13.8. The van der Waals surface area contributed by atoms with Crippen LogP contribution in [0.1, 0.15) is 0 Å². The number of piperazine rings is 1. The Morgan fingerprint density at radius 1 is 1.17 bits per heavy atom. The van der Waals surface area contributed by atoms with Gasteiger partial charge in [0.05, 0.1) is 24.6 Å². The van der Waals surface area contributed by atoms with Crippen molar-refractivity contribution in [2.75, 3.05) is 43.5 Å². The Bertz CT molecular complexity index is 1040. The number of hydrogen-bond donors (Lipinski definition) is 3. The lowest BCUT2D eigenvalue weighted by molar-refractivity contribution is 0.413. The first kappa shape index (κ1) is 18.6. The summed E-state index contributed by atoms with van der Waals surface area (Å²) >= 11 is 0. The molecular weight excluding hydrogens is 375 g/mol. The maximum atomic E-state index is 15.0. The third-order valence-electron chi connectivity index (χ3n) is 4.60. The maximum absolute atomic E-state index is 15.0. The van der Waals surface area contributed by atoms with E-state index in [1.807, 2.05) is 6.07 Å². The largest absolute Gasteiger partial charge is 0.496 e. The molecule has 0 unspecified atom stereocenters. The number of aromatic amines is 1. The molecule has 0 spiro atoms. The van der Waals surface area contributed by atoms with Crippen molar-refractivity contribution in [3.05, 3.63) is 47.8 Å². The lowest BCUT2D eigenvalue weighted by Gasteiger charge is -2.30. The van der Waals surface area contributed by atoms with Crippen LogP contribution in [-0.4, -0.2) is 53.5 Å². The van der Waals surface area contributed by atoms with Gasteiger partial charge in [-0.05, 0) is 6.07 Å². The Labute approximate surface area is 166 Å². The van der Waals surface area contributed by atoms with Gasteiger partial charge < -0.3 is 25.1 Å². The first-order chi connectivity index (χ1) is 14.2. The molecule has 4 rings (SSSR count).